The van der Waals surface area contributed by atoms with Crippen molar-refractivity contribution < 1.29 is 0 Å². The molecule has 0 aliphatic carbocycles. The third-order valence-corrected chi connectivity index (χ3v) is 2.94. The molecule has 1 rings (SSSR count). The molecule has 0 amide bonds. The number of aromatic nitrogens is 3. The van der Waals surface area contributed by atoms with Gasteiger partial charge in [-0.3, -0.25) is 0 Å². The minimum absolute atomic E-state index is 0.261. The molecule has 3 N–H and O–H groups in total. The van der Waals surface area contributed by atoms with Gasteiger partial charge in [0, 0.05) is 12.5 Å². The zero-order chi connectivity index (χ0) is 12.7. The SMILES string of the molecule is CSCCCCNc1nc(N)nc(C(C)C)n1. The number of hydrogen-bond donors (Lipinski definition) is 2. The number of nitrogen functional groups attached to an aromatic ring is 1. The lowest BCUT2D eigenvalue weighted by molar-refractivity contribution is 0.760. The van der Waals surface area contributed by atoms with E-state index in [2.05, 4.69) is 26.5 Å². The van der Waals surface area contributed by atoms with Gasteiger partial charge in [-0.15, -0.1) is 0 Å². The van der Waals surface area contributed by atoms with Gasteiger partial charge in [0.1, 0.15) is 5.82 Å². The molecular formula is C11H21N5S. The van der Waals surface area contributed by atoms with Crippen LogP contribution in [0.2, 0.25) is 0 Å². The van der Waals surface area contributed by atoms with E-state index in [1.165, 1.54) is 12.2 Å². The van der Waals surface area contributed by atoms with E-state index in [1.807, 2.05) is 25.6 Å². The van der Waals surface area contributed by atoms with Gasteiger partial charge in [0.15, 0.2) is 0 Å². The minimum atomic E-state index is 0.261. The molecule has 1 heterocycles. The average Bonchev–Trinajstić information content (AvgIpc) is 2.28. The van der Waals surface area contributed by atoms with E-state index in [0.29, 0.717) is 5.95 Å². The van der Waals surface area contributed by atoms with Gasteiger partial charge in [-0.1, -0.05) is 13.8 Å². The highest BCUT2D eigenvalue weighted by Gasteiger charge is 2.07. The normalized spacial score (nSPS) is 10.8. The first kappa shape index (κ1) is 14.0. The number of nitrogens with one attached hydrogen (secondary N) is 1. The second-order valence-corrected chi connectivity index (χ2v) is 5.14. The van der Waals surface area contributed by atoms with Gasteiger partial charge in [-0.2, -0.15) is 26.7 Å². The molecule has 0 aliphatic heterocycles. The summed E-state index contributed by atoms with van der Waals surface area (Å²) in [6.45, 7) is 4.95. The van der Waals surface area contributed by atoms with Gasteiger partial charge >= 0.3 is 0 Å². The van der Waals surface area contributed by atoms with Crippen molar-refractivity contribution in [2.75, 3.05) is 29.6 Å². The van der Waals surface area contributed by atoms with Crippen LogP contribution in [0.25, 0.3) is 0 Å². The van der Waals surface area contributed by atoms with Crippen LogP contribution in [0.4, 0.5) is 11.9 Å². The number of nitrogens with two attached hydrogens (primary N) is 1. The predicted molar refractivity (Wildman–Crippen MR) is 74.4 cm³/mol. The maximum Gasteiger partial charge on any atom is 0.227 e. The first-order chi connectivity index (χ1) is 8.13. The zero-order valence-corrected chi connectivity index (χ0v) is 11.5. The summed E-state index contributed by atoms with van der Waals surface area (Å²) in [5.41, 5.74) is 5.64. The summed E-state index contributed by atoms with van der Waals surface area (Å²) in [4.78, 5) is 12.5. The van der Waals surface area contributed by atoms with Crippen LogP contribution in [0, 0.1) is 0 Å². The van der Waals surface area contributed by atoms with E-state index >= 15 is 0 Å². The topological polar surface area (TPSA) is 76.7 Å². The monoisotopic (exact) mass is 255 g/mol. The second-order valence-electron chi connectivity index (χ2n) is 4.16. The van der Waals surface area contributed by atoms with Crippen molar-refractivity contribution in [2.24, 2.45) is 0 Å². The molecule has 5 nitrogen and oxygen atoms in total. The lowest BCUT2D eigenvalue weighted by atomic mass is 10.2. The predicted octanol–water partition coefficient (Wildman–Crippen LogP) is 2.13. The summed E-state index contributed by atoms with van der Waals surface area (Å²) in [6.07, 6.45) is 4.43. The third kappa shape index (κ3) is 5.21. The molecule has 6 heteroatoms. The molecule has 96 valence electrons. The number of anilines is 2. The molecule has 0 atom stereocenters. The first-order valence-electron chi connectivity index (χ1n) is 5.87. The van der Waals surface area contributed by atoms with Crippen LogP contribution in [0.3, 0.4) is 0 Å². The first-order valence-corrected chi connectivity index (χ1v) is 7.27. The average molecular weight is 255 g/mol. The van der Waals surface area contributed by atoms with Crippen LogP contribution in [0.15, 0.2) is 0 Å². The van der Waals surface area contributed by atoms with E-state index in [4.69, 9.17) is 5.73 Å². The van der Waals surface area contributed by atoms with E-state index < -0.39 is 0 Å². The fraction of sp³-hybridized carbons (Fsp3) is 0.727. The molecule has 1 aromatic heterocycles. The molecule has 0 unspecified atom stereocenters. The van der Waals surface area contributed by atoms with E-state index in [1.54, 1.807) is 0 Å². The van der Waals surface area contributed by atoms with Crippen LogP contribution < -0.4 is 11.1 Å². The van der Waals surface area contributed by atoms with Crippen molar-refractivity contribution >= 4 is 23.7 Å². The summed E-state index contributed by atoms with van der Waals surface area (Å²) in [5, 5.41) is 3.19. The van der Waals surface area contributed by atoms with Gasteiger partial charge in [-0.05, 0) is 24.9 Å². The number of nitrogens with zero attached hydrogens (tertiary/aromatic N) is 3. The van der Waals surface area contributed by atoms with E-state index in [-0.39, 0.29) is 11.9 Å². The molecule has 0 fully saturated rings. The second kappa shape index (κ2) is 7.32. The smallest absolute Gasteiger partial charge is 0.227 e. The maximum absolute atomic E-state index is 5.64. The van der Waals surface area contributed by atoms with Crippen LogP contribution in [-0.4, -0.2) is 33.5 Å². The number of unbranched alkanes of at least 4 members (excludes halogenated alkanes) is 1. The van der Waals surface area contributed by atoms with Crippen LogP contribution >= 0.6 is 11.8 Å². The third-order valence-electron chi connectivity index (χ3n) is 2.24. The van der Waals surface area contributed by atoms with Gasteiger partial charge in [0.25, 0.3) is 0 Å². The summed E-state index contributed by atoms with van der Waals surface area (Å²) < 4.78 is 0. The molecule has 0 aromatic carbocycles. The van der Waals surface area contributed by atoms with Crippen LogP contribution in [0.5, 0.6) is 0 Å². The van der Waals surface area contributed by atoms with Crippen molar-refractivity contribution in [3.8, 4) is 0 Å². The number of hydrogen-bond acceptors (Lipinski definition) is 6. The number of rotatable bonds is 7. The Balaban J connectivity index is 2.47. The van der Waals surface area contributed by atoms with Gasteiger partial charge in [0.2, 0.25) is 11.9 Å². The summed E-state index contributed by atoms with van der Waals surface area (Å²) in [6, 6.07) is 0. The number of thioether (sulfide) groups is 1. The fourth-order valence-electron chi connectivity index (χ4n) is 1.32. The van der Waals surface area contributed by atoms with Crippen molar-refractivity contribution in [2.45, 2.75) is 32.6 Å². The van der Waals surface area contributed by atoms with Gasteiger partial charge in [0.05, 0.1) is 0 Å². The Morgan fingerprint density at radius 1 is 1.24 bits per heavy atom. The molecule has 17 heavy (non-hydrogen) atoms. The molecule has 0 saturated carbocycles. The van der Waals surface area contributed by atoms with Crippen molar-refractivity contribution in [3.63, 3.8) is 0 Å². The summed E-state index contributed by atoms with van der Waals surface area (Å²) in [5.74, 6) is 3.07. The van der Waals surface area contributed by atoms with Gasteiger partial charge in [-0.25, -0.2) is 0 Å². The molecule has 1 aromatic rings. The lowest BCUT2D eigenvalue weighted by Gasteiger charge is -2.08. The van der Waals surface area contributed by atoms with Crippen LogP contribution in [0.1, 0.15) is 38.4 Å². The maximum atomic E-state index is 5.64. The molecule has 0 radical (unpaired) electrons. The van der Waals surface area contributed by atoms with E-state index in [0.717, 1.165) is 18.8 Å². The largest absolute Gasteiger partial charge is 0.368 e. The highest BCUT2D eigenvalue weighted by Crippen LogP contribution is 2.11. The zero-order valence-electron chi connectivity index (χ0n) is 10.7. The Morgan fingerprint density at radius 3 is 2.65 bits per heavy atom. The Bertz CT molecular complexity index is 343. The Morgan fingerprint density at radius 2 is 2.00 bits per heavy atom. The minimum Gasteiger partial charge on any atom is -0.368 e. The molecule has 0 spiro atoms. The molecule has 0 saturated heterocycles. The van der Waals surface area contributed by atoms with Crippen molar-refractivity contribution in [1.82, 2.24) is 15.0 Å². The summed E-state index contributed by atoms with van der Waals surface area (Å²) >= 11 is 1.87. The lowest BCUT2D eigenvalue weighted by Crippen LogP contribution is -2.11. The Kier molecular flexibility index (Phi) is 6.04. The highest BCUT2D eigenvalue weighted by molar-refractivity contribution is 7.98. The molecule has 0 bridgehead atoms. The van der Waals surface area contributed by atoms with E-state index in [9.17, 15) is 0 Å². The summed E-state index contributed by atoms with van der Waals surface area (Å²) in [7, 11) is 0. The van der Waals surface area contributed by atoms with Gasteiger partial charge < -0.3 is 11.1 Å². The highest BCUT2D eigenvalue weighted by atomic mass is 32.2. The standard InChI is InChI=1S/C11H21N5S/c1-8(2)9-14-10(12)16-11(15-9)13-6-4-5-7-17-3/h8H,4-7H2,1-3H3,(H3,12,13,14,15,16). The Hall–Kier alpha value is -1.04. The quantitative estimate of drug-likeness (QED) is 0.727. The van der Waals surface area contributed by atoms with Crippen LogP contribution in [-0.2, 0) is 0 Å². The van der Waals surface area contributed by atoms with Crippen molar-refractivity contribution in [1.29, 1.82) is 0 Å². The Labute approximate surface area is 107 Å². The molecular weight excluding hydrogens is 234 g/mol. The van der Waals surface area contributed by atoms with Crippen molar-refractivity contribution in [3.05, 3.63) is 5.82 Å². The molecule has 0 aliphatic rings. The fourth-order valence-corrected chi connectivity index (χ4v) is 1.81.